The monoisotopic (exact) mass is 257 g/mol. The van der Waals surface area contributed by atoms with Gasteiger partial charge in [0.1, 0.15) is 5.75 Å². The van der Waals surface area contributed by atoms with Gasteiger partial charge in [-0.1, -0.05) is 30.3 Å². The number of aliphatic hydroxyl groups is 1. The number of anilines is 1. The van der Waals surface area contributed by atoms with Crippen molar-refractivity contribution in [2.45, 2.75) is 20.1 Å². The van der Waals surface area contributed by atoms with Gasteiger partial charge in [0.25, 0.3) is 0 Å². The molecular weight excluding hydrogens is 238 g/mol. The molecule has 0 bridgehead atoms. The predicted octanol–water partition coefficient (Wildman–Crippen LogP) is 3.19. The zero-order valence-corrected chi connectivity index (χ0v) is 11.1. The van der Waals surface area contributed by atoms with Crippen molar-refractivity contribution in [1.29, 1.82) is 0 Å². The van der Waals surface area contributed by atoms with Crippen molar-refractivity contribution in [2.75, 3.05) is 11.9 Å². The van der Waals surface area contributed by atoms with Gasteiger partial charge in [0.15, 0.2) is 0 Å². The Morgan fingerprint density at radius 3 is 2.47 bits per heavy atom. The molecule has 0 aliphatic carbocycles. The first-order chi connectivity index (χ1) is 9.33. The molecule has 0 saturated heterocycles. The lowest BCUT2D eigenvalue weighted by atomic mass is 10.1. The van der Waals surface area contributed by atoms with E-state index in [1.807, 2.05) is 55.5 Å². The molecule has 2 aromatic rings. The zero-order chi connectivity index (χ0) is 13.5. The Bertz CT molecular complexity index is 508. The molecule has 3 heteroatoms. The van der Waals surface area contributed by atoms with Crippen LogP contribution in [0.4, 0.5) is 5.69 Å². The highest BCUT2D eigenvalue weighted by molar-refractivity contribution is 5.51. The van der Waals surface area contributed by atoms with Gasteiger partial charge in [-0.05, 0) is 30.7 Å². The van der Waals surface area contributed by atoms with Gasteiger partial charge in [0.05, 0.1) is 13.2 Å². The van der Waals surface area contributed by atoms with Crippen molar-refractivity contribution in [3.63, 3.8) is 0 Å². The van der Waals surface area contributed by atoms with Gasteiger partial charge in [-0.2, -0.15) is 0 Å². The predicted molar refractivity (Wildman–Crippen MR) is 77.3 cm³/mol. The molecule has 0 aliphatic rings. The van der Waals surface area contributed by atoms with Crippen molar-refractivity contribution in [2.24, 2.45) is 0 Å². The largest absolute Gasteiger partial charge is 0.494 e. The normalized spacial score (nSPS) is 10.2. The average Bonchev–Trinajstić information content (AvgIpc) is 2.47. The Morgan fingerprint density at radius 1 is 1.05 bits per heavy atom. The Morgan fingerprint density at radius 2 is 1.79 bits per heavy atom. The first-order valence-electron chi connectivity index (χ1n) is 6.48. The number of ether oxygens (including phenoxy) is 1. The van der Waals surface area contributed by atoms with Crippen molar-refractivity contribution in [3.05, 3.63) is 59.7 Å². The molecule has 0 amide bonds. The van der Waals surface area contributed by atoms with Crippen LogP contribution in [-0.4, -0.2) is 11.7 Å². The van der Waals surface area contributed by atoms with Crippen LogP contribution in [-0.2, 0) is 13.2 Å². The third-order valence-electron chi connectivity index (χ3n) is 2.91. The minimum absolute atomic E-state index is 0.0481. The molecule has 2 N–H and O–H groups in total. The number of aliphatic hydroxyl groups excluding tert-OH is 1. The molecule has 0 atom stereocenters. The number of hydrogen-bond donors (Lipinski definition) is 2. The van der Waals surface area contributed by atoms with E-state index in [2.05, 4.69) is 5.32 Å². The molecule has 3 nitrogen and oxygen atoms in total. The van der Waals surface area contributed by atoms with Crippen molar-refractivity contribution in [3.8, 4) is 5.75 Å². The fourth-order valence-corrected chi connectivity index (χ4v) is 1.90. The van der Waals surface area contributed by atoms with Crippen LogP contribution >= 0.6 is 0 Å². The van der Waals surface area contributed by atoms with E-state index in [1.165, 1.54) is 5.56 Å². The second-order valence-electron chi connectivity index (χ2n) is 4.25. The standard InChI is InChI=1S/C16H19NO2/c1-2-19-15-9-7-13(8-10-15)11-17-16-6-4-3-5-14(16)12-18/h3-10,17-18H,2,11-12H2,1H3. The molecule has 0 spiro atoms. The molecule has 2 aromatic carbocycles. The maximum Gasteiger partial charge on any atom is 0.119 e. The zero-order valence-electron chi connectivity index (χ0n) is 11.1. The maximum absolute atomic E-state index is 9.25. The number of nitrogens with one attached hydrogen (secondary N) is 1. The van der Waals surface area contributed by atoms with Crippen LogP contribution in [0.2, 0.25) is 0 Å². The summed E-state index contributed by atoms with van der Waals surface area (Å²) in [6.45, 7) is 3.43. The van der Waals surface area contributed by atoms with E-state index < -0.39 is 0 Å². The van der Waals surface area contributed by atoms with Crippen LogP contribution in [0.1, 0.15) is 18.1 Å². The van der Waals surface area contributed by atoms with Crippen LogP contribution in [0, 0.1) is 0 Å². The van der Waals surface area contributed by atoms with Gasteiger partial charge in [-0.3, -0.25) is 0 Å². The Balaban J connectivity index is 1.98. The third-order valence-corrected chi connectivity index (χ3v) is 2.91. The highest BCUT2D eigenvalue weighted by Gasteiger charge is 2.00. The quantitative estimate of drug-likeness (QED) is 0.835. The number of rotatable bonds is 6. The average molecular weight is 257 g/mol. The lowest BCUT2D eigenvalue weighted by Crippen LogP contribution is -2.02. The summed E-state index contributed by atoms with van der Waals surface area (Å²) in [5.41, 5.74) is 3.06. The van der Waals surface area contributed by atoms with Crippen molar-refractivity contribution >= 4 is 5.69 Å². The molecule has 19 heavy (non-hydrogen) atoms. The molecule has 0 aromatic heterocycles. The Labute approximate surface area is 113 Å². The summed E-state index contributed by atoms with van der Waals surface area (Å²) in [6.07, 6.45) is 0. The van der Waals surface area contributed by atoms with E-state index in [-0.39, 0.29) is 6.61 Å². The summed E-state index contributed by atoms with van der Waals surface area (Å²) in [4.78, 5) is 0. The minimum atomic E-state index is 0.0481. The van der Waals surface area contributed by atoms with E-state index in [0.29, 0.717) is 6.61 Å². The van der Waals surface area contributed by atoms with E-state index in [1.54, 1.807) is 0 Å². The lowest BCUT2D eigenvalue weighted by Gasteiger charge is -2.11. The van der Waals surface area contributed by atoms with Crippen molar-refractivity contribution < 1.29 is 9.84 Å². The molecule has 0 aliphatic heterocycles. The molecule has 0 saturated carbocycles. The highest BCUT2D eigenvalue weighted by Crippen LogP contribution is 2.17. The molecule has 0 fully saturated rings. The van der Waals surface area contributed by atoms with Crippen molar-refractivity contribution in [1.82, 2.24) is 0 Å². The molecule has 0 radical (unpaired) electrons. The van der Waals surface area contributed by atoms with E-state index in [4.69, 9.17) is 4.74 Å². The van der Waals surface area contributed by atoms with Gasteiger partial charge in [0.2, 0.25) is 0 Å². The number of hydrogen-bond acceptors (Lipinski definition) is 3. The van der Waals surface area contributed by atoms with Crippen LogP contribution in [0.3, 0.4) is 0 Å². The summed E-state index contributed by atoms with van der Waals surface area (Å²) < 4.78 is 5.41. The Kier molecular flexibility index (Phi) is 4.81. The summed E-state index contributed by atoms with van der Waals surface area (Å²) in [5.74, 6) is 0.891. The minimum Gasteiger partial charge on any atom is -0.494 e. The third kappa shape index (κ3) is 3.73. The summed E-state index contributed by atoms with van der Waals surface area (Å²) in [5, 5.41) is 12.6. The summed E-state index contributed by atoms with van der Waals surface area (Å²) in [6, 6.07) is 15.8. The smallest absolute Gasteiger partial charge is 0.119 e. The molecule has 0 unspecified atom stereocenters. The second kappa shape index (κ2) is 6.81. The highest BCUT2D eigenvalue weighted by atomic mass is 16.5. The van der Waals surface area contributed by atoms with E-state index in [9.17, 15) is 5.11 Å². The van der Waals surface area contributed by atoms with Gasteiger partial charge in [-0.15, -0.1) is 0 Å². The first-order valence-corrected chi connectivity index (χ1v) is 6.48. The van der Waals surface area contributed by atoms with Crippen LogP contribution in [0.15, 0.2) is 48.5 Å². The fourth-order valence-electron chi connectivity index (χ4n) is 1.90. The second-order valence-corrected chi connectivity index (χ2v) is 4.25. The number of para-hydroxylation sites is 1. The van der Waals surface area contributed by atoms with Crippen LogP contribution in [0.25, 0.3) is 0 Å². The molecule has 100 valence electrons. The number of benzene rings is 2. The Hall–Kier alpha value is -2.00. The van der Waals surface area contributed by atoms with Crippen LogP contribution in [0.5, 0.6) is 5.75 Å². The van der Waals surface area contributed by atoms with Gasteiger partial charge in [0, 0.05) is 17.8 Å². The summed E-state index contributed by atoms with van der Waals surface area (Å²) >= 11 is 0. The summed E-state index contributed by atoms with van der Waals surface area (Å²) in [7, 11) is 0. The van der Waals surface area contributed by atoms with E-state index >= 15 is 0 Å². The SMILES string of the molecule is CCOc1ccc(CNc2ccccc2CO)cc1. The fraction of sp³-hybridized carbons (Fsp3) is 0.250. The lowest BCUT2D eigenvalue weighted by molar-refractivity contribution is 0.282. The first kappa shape index (κ1) is 13.4. The molecule has 2 rings (SSSR count). The molecule has 0 heterocycles. The van der Waals surface area contributed by atoms with Gasteiger partial charge in [-0.25, -0.2) is 0 Å². The maximum atomic E-state index is 9.25. The van der Waals surface area contributed by atoms with Gasteiger partial charge < -0.3 is 15.2 Å². The topological polar surface area (TPSA) is 41.5 Å². The van der Waals surface area contributed by atoms with Gasteiger partial charge >= 0.3 is 0 Å². The van der Waals surface area contributed by atoms with Crippen LogP contribution < -0.4 is 10.1 Å². The van der Waals surface area contributed by atoms with E-state index in [0.717, 1.165) is 23.5 Å². The molecular formula is C16H19NO2.